The van der Waals surface area contributed by atoms with Crippen LogP contribution in [0.4, 0.5) is 4.79 Å². The molecule has 1 saturated heterocycles. The summed E-state index contributed by atoms with van der Waals surface area (Å²) in [6.45, 7) is 2.38. The van der Waals surface area contributed by atoms with Crippen LogP contribution in [0.1, 0.15) is 43.8 Å². The quantitative estimate of drug-likeness (QED) is 0.842. The summed E-state index contributed by atoms with van der Waals surface area (Å²) in [5, 5.41) is 13.5. The first-order chi connectivity index (χ1) is 11.7. The maximum atomic E-state index is 12.5. The van der Waals surface area contributed by atoms with Crippen LogP contribution >= 0.6 is 0 Å². The van der Waals surface area contributed by atoms with Crippen molar-refractivity contribution in [3.8, 4) is 0 Å². The average Bonchev–Trinajstić information content (AvgIpc) is 2.58. The van der Waals surface area contributed by atoms with Gasteiger partial charge in [0.15, 0.2) is 0 Å². The number of carbonyl (C=O) groups is 1. The topological polar surface area (TPSA) is 61.8 Å². The molecule has 0 radical (unpaired) electrons. The number of benzene rings is 1. The third-order valence-electron chi connectivity index (χ3n) is 5.22. The Bertz CT molecular complexity index is 519. The Kier molecular flexibility index (Phi) is 6.10. The standard InChI is InChI=1S/C19H28N2O3/c22-18(16-7-2-1-3-8-16)13-17-14-24-12-11-21(17)19(23)20-10-9-15-5-4-6-15/h1-3,7-8,15,17-18,22H,4-6,9-14H2,(H,20,23). The highest BCUT2D eigenvalue weighted by Crippen LogP contribution is 2.28. The van der Waals surface area contributed by atoms with Crippen molar-refractivity contribution in [1.82, 2.24) is 10.2 Å². The Labute approximate surface area is 144 Å². The molecule has 1 saturated carbocycles. The number of nitrogens with zero attached hydrogens (tertiary/aromatic N) is 1. The number of morpholine rings is 1. The maximum absolute atomic E-state index is 12.5. The molecule has 1 aliphatic carbocycles. The van der Waals surface area contributed by atoms with E-state index in [1.54, 1.807) is 0 Å². The van der Waals surface area contributed by atoms with Gasteiger partial charge in [-0.15, -0.1) is 0 Å². The van der Waals surface area contributed by atoms with Crippen molar-refractivity contribution in [2.75, 3.05) is 26.3 Å². The Morgan fingerprint density at radius 3 is 2.83 bits per heavy atom. The van der Waals surface area contributed by atoms with Crippen molar-refractivity contribution in [1.29, 1.82) is 0 Å². The van der Waals surface area contributed by atoms with Crippen LogP contribution < -0.4 is 5.32 Å². The van der Waals surface area contributed by atoms with Crippen molar-refractivity contribution >= 4 is 6.03 Å². The number of rotatable bonds is 6. The van der Waals surface area contributed by atoms with Gasteiger partial charge >= 0.3 is 6.03 Å². The fourth-order valence-corrected chi connectivity index (χ4v) is 3.45. The molecule has 5 heteroatoms. The van der Waals surface area contributed by atoms with Gasteiger partial charge in [-0.25, -0.2) is 4.79 Å². The summed E-state index contributed by atoms with van der Waals surface area (Å²) >= 11 is 0. The number of ether oxygens (including phenoxy) is 1. The molecule has 24 heavy (non-hydrogen) atoms. The highest BCUT2D eigenvalue weighted by atomic mass is 16.5. The molecular weight excluding hydrogens is 304 g/mol. The molecule has 2 atom stereocenters. The second-order valence-electron chi connectivity index (χ2n) is 6.90. The molecule has 3 rings (SSSR count). The fraction of sp³-hybridized carbons (Fsp3) is 0.632. The van der Waals surface area contributed by atoms with E-state index in [2.05, 4.69) is 5.32 Å². The van der Waals surface area contributed by atoms with E-state index >= 15 is 0 Å². The summed E-state index contributed by atoms with van der Waals surface area (Å²) in [6, 6.07) is 9.48. The number of aliphatic hydroxyl groups is 1. The van der Waals surface area contributed by atoms with Crippen molar-refractivity contribution in [3.05, 3.63) is 35.9 Å². The van der Waals surface area contributed by atoms with Crippen molar-refractivity contribution in [2.45, 2.75) is 44.2 Å². The van der Waals surface area contributed by atoms with E-state index in [0.29, 0.717) is 26.2 Å². The number of amides is 2. The van der Waals surface area contributed by atoms with Gasteiger partial charge in [-0.1, -0.05) is 49.6 Å². The maximum Gasteiger partial charge on any atom is 0.317 e. The van der Waals surface area contributed by atoms with Crippen molar-refractivity contribution in [2.24, 2.45) is 5.92 Å². The summed E-state index contributed by atoms with van der Waals surface area (Å²) in [5.74, 6) is 0.797. The average molecular weight is 332 g/mol. The molecule has 0 aromatic heterocycles. The van der Waals surface area contributed by atoms with Gasteiger partial charge in [0.2, 0.25) is 0 Å². The van der Waals surface area contributed by atoms with Crippen LogP contribution in [-0.2, 0) is 4.74 Å². The molecule has 2 N–H and O–H groups in total. The summed E-state index contributed by atoms with van der Waals surface area (Å²) in [6.07, 6.45) is 4.94. The molecule has 2 unspecified atom stereocenters. The Hall–Kier alpha value is -1.59. The van der Waals surface area contributed by atoms with Crippen LogP contribution in [0.15, 0.2) is 30.3 Å². The molecule has 1 aromatic rings. The van der Waals surface area contributed by atoms with Crippen molar-refractivity contribution < 1.29 is 14.6 Å². The molecule has 132 valence electrons. The first kappa shape index (κ1) is 17.2. The van der Waals surface area contributed by atoms with Gasteiger partial charge in [0.1, 0.15) is 0 Å². The second-order valence-corrected chi connectivity index (χ2v) is 6.90. The van der Waals surface area contributed by atoms with E-state index in [9.17, 15) is 9.90 Å². The number of hydrogen-bond donors (Lipinski definition) is 2. The smallest absolute Gasteiger partial charge is 0.317 e. The lowest BCUT2D eigenvalue weighted by Crippen LogP contribution is -2.53. The zero-order valence-electron chi connectivity index (χ0n) is 14.2. The highest BCUT2D eigenvalue weighted by Gasteiger charge is 2.29. The van der Waals surface area contributed by atoms with Gasteiger partial charge in [0.05, 0.1) is 25.4 Å². The van der Waals surface area contributed by atoms with Crippen LogP contribution in [0, 0.1) is 5.92 Å². The number of urea groups is 1. The molecule has 5 nitrogen and oxygen atoms in total. The van der Waals surface area contributed by atoms with Gasteiger partial charge in [-0.2, -0.15) is 0 Å². The van der Waals surface area contributed by atoms with E-state index in [1.165, 1.54) is 19.3 Å². The number of nitrogens with one attached hydrogen (secondary N) is 1. The highest BCUT2D eigenvalue weighted by molar-refractivity contribution is 5.74. The minimum Gasteiger partial charge on any atom is -0.388 e. The zero-order valence-corrected chi connectivity index (χ0v) is 14.2. The van der Waals surface area contributed by atoms with Crippen molar-refractivity contribution in [3.63, 3.8) is 0 Å². The number of carbonyl (C=O) groups excluding carboxylic acids is 1. The first-order valence-electron chi connectivity index (χ1n) is 9.09. The van der Waals surface area contributed by atoms with Gasteiger partial charge in [-0.05, 0) is 17.9 Å². The Morgan fingerprint density at radius 1 is 1.33 bits per heavy atom. The largest absolute Gasteiger partial charge is 0.388 e. The molecular formula is C19H28N2O3. The van der Waals surface area contributed by atoms with Crippen LogP contribution in [0.5, 0.6) is 0 Å². The lowest BCUT2D eigenvalue weighted by Gasteiger charge is -2.37. The molecule has 2 aliphatic rings. The Balaban J connectivity index is 1.51. The Morgan fingerprint density at radius 2 is 2.12 bits per heavy atom. The lowest BCUT2D eigenvalue weighted by atomic mass is 9.83. The molecule has 1 heterocycles. The molecule has 0 spiro atoms. The summed E-state index contributed by atoms with van der Waals surface area (Å²) in [5.41, 5.74) is 0.883. The van der Waals surface area contributed by atoms with Crippen LogP contribution in [0.3, 0.4) is 0 Å². The van der Waals surface area contributed by atoms with Crippen LogP contribution in [0.25, 0.3) is 0 Å². The predicted molar refractivity (Wildman–Crippen MR) is 92.7 cm³/mol. The van der Waals surface area contributed by atoms with E-state index in [-0.39, 0.29) is 12.1 Å². The number of aliphatic hydroxyl groups excluding tert-OH is 1. The third-order valence-corrected chi connectivity index (χ3v) is 5.22. The third kappa shape index (κ3) is 4.48. The van der Waals surface area contributed by atoms with Gasteiger partial charge < -0.3 is 20.1 Å². The molecule has 2 amide bonds. The van der Waals surface area contributed by atoms with E-state index in [1.807, 2.05) is 35.2 Å². The minimum absolute atomic E-state index is 0.0251. The summed E-state index contributed by atoms with van der Waals surface area (Å²) in [7, 11) is 0. The zero-order chi connectivity index (χ0) is 16.8. The predicted octanol–water partition coefficient (Wildman–Crippen LogP) is 2.71. The summed E-state index contributed by atoms with van der Waals surface area (Å²) in [4.78, 5) is 14.3. The van der Waals surface area contributed by atoms with Crippen LogP contribution in [0.2, 0.25) is 0 Å². The molecule has 2 fully saturated rings. The molecule has 1 aromatic carbocycles. The second kappa shape index (κ2) is 8.49. The van der Waals surface area contributed by atoms with E-state index < -0.39 is 6.10 Å². The van der Waals surface area contributed by atoms with E-state index in [0.717, 1.165) is 24.4 Å². The van der Waals surface area contributed by atoms with Gasteiger partial charge in [-0.3, -0.25) is 0 Å². The number of hydrogen-bond acceptors (Lipinski definition) is 3. The van der Waals surface area contributed by atoms with E-state index in [4.69, 9.17) is 4.74 Å². The fourth-order valence-electron chi connectivity index (χ4n) is 3.45. The normalized spacial score (nSPS) is 22.7. The lowest BCUT2D eigenvalue weighted by molar-refractivity contribution is -0.00697. The molecule has 1 aliphatic heterocycles. The monoisotopic (exact) mass is 332 g/mol. The first-order valence-corrected chi connectivity index (χ1v) is 9.09. The van der Waals surface area contributed by atoms with Gasteiger partial charge in [0.25, 0.3) is 0 Å². The van der Waals surface area contributed by atoms with Gasteiger partial charge in [0, 0.05) is 19.5 Å². The van der Waals surface area contributed by atoms with Crippen LogP contribution in [-0.4, -0.2) is 48.4 Å². The SMILES string of the molecule is O=C(NCCC1CCC1)N1CCOCC1CC(O)c1ccccc1. The summed E-state index contributed by atoms with van der Waals surface area (Å²) < 4.78 is 5.54. The molecule has 0 bridgehead atoms. The minimum atomic E-state index is -0.580.